The molecule has 7 nitrogen and oxygen atoms in total. The number of hydrogen-bond donors (Lipinski definition) is 2. The molecule has 3 amide bonds. The first-order valence-corrected chi connectivity index (χ1v) is 15.2. The number of ether oxygens (including phenoxy) is 1. The SMILES string of the molecule is CCc1ccc(C(C(=O)Nc2c(C)cccc2C)N(C(=O)C(Cc2ccccc2)NC(=O)OC(C)(C)C)C2CC2C)cc1. The number of rotatable bonds is 10. The van der Waals surface area contributed by atoms with Gasteiger partial charge < -0.3 is 20.3 Å². The molecule has 2 N–H and O–H groups in total. The number of hydrogen-bond acceptors (Lipinski definition) is 4. The fraction of sp³-hybridized carbons (Fsp3) is 0.417. The van der Waals surface area contributed by atoms with Crippen molar-refractivity contribution >= 4 is 23.6 Å². The Labute approximate surface area is 256 Å². The van der Waals surface area contributed by atoms with Crippen LogP contribution in [0.2, 0.25) is 0 Å². The molecule has 4 atom stereocenters. The topological polar surface area (TPSA) is 87.7 Å². The van der Waals surface area contributed by atoms with Crippen molar-refractivity contribution in [2.45, 2.75) is 91.5 Å². The number of benzene rings is 3. The number of alkyl carbamates (subject to hydrolysis) is 1. The molecule has 7 heteroatoms. The van der Waals surface area contributed by atoms with Gasteiger partial charge in [0.15, 0.2) is 0 Å². The van der Waals surface area contributed by atoms with E-state index in [1.54, 1.807) is 25.7 Å². The molecule has 0 aromatic heterocycles. The van der Waals surface area contributed by atoms with Crippen molar-refractivity contribution in [1.82, 2.24) is 10.2 Å². The van der Waals surface area contributed by atoms with Gasteiger partial charge in [0.1, 0.15) is 17.7 Å². The van der Waals surface area contributed by atoms with Gasteiger partial charge in [-0.05, 0) is 81.2 Å². The van der Waals surface area contributed by atoms with Crippen molar-refractivity contribution in [2.24, 2.45) is 5.92 Å². The van der Waals surface area contributed by atoms with Crippen LogP contribution in [-0.4, -0.2) is 40.5 Å². The van der Waals surface area contributed by atoms with E-state index in [0.717, 1.165) is 46.3 Å². The molecule has 4 rings (SSSR count). The van der Waals surface area contributed by atoms with Crippen LogP contribution in [-0.2, 0) is 27.2 Å². The molecule has 1 aliphatic carbocycles. The Morgan fingerprint density at radius 1 is 0.907 bits per heavy atom. The minimum atomic E-state index is -0.935. The minimum absolute atomic E-state index is 0.147. The third kappa shape index (κ3) is 8.25. The summed E-state index contributed by atoms with van der Waals surface area (Å²) in [5.74, 6) is -0.386. The van der Waals surface area contributed by atoms with Gasteiger partial charge in [-0.1, -0.05) is 86.6 Å². The number of carbonyl (C=O) groups excluding carboxylic acids is 3. The van der Waals surface area contributed by atoms with Gasteiger partial charge in [-0.15, -0.1) is 0 Å². The second-order valence-corrected chi connectivity index (χ2v) is 12.7. The summed E-state index contributed by atoms with van der Waals surface area (Å²) in [6, 6.07) is 21.4. The van der Waals surface area contributed by atoms with Crippen LogP contribution in [0.5, 0.6) is 0 Å². The third-order valence-corrected chi connectivity index (χ3v) is 7.91. The summed E-state index contributed by atoms with van der Waals surface area (Å²) < 4.78 is 5.56. The maximum atomic E-state index is 14.7. The molecular weight excluding hydrogens is 538 g/mol. The number of amides is 3. The van der Waals surface area contributed by atoms with Gasteiger partial charge in [-0.25, -0.2) is 4.79 Å². The molecule has 0 radical (unpaired) electrons. The van der Waals surface area contributed by atoms with Crippen molar-refractivity contribution in [3.05, 3.63) is 101 Å². The molecule has 0 spiro atoms. The molecule has 1 saturated carbocycles. The fourth-order valence-corrected chi connectivity index (χ4v) is 5.43. The number of aryl methyl sites for hydroxylation is 3. The summed E-state index contributed by atoms with van der Waals surface area (Å²) in [5, 5.41) is 6.00. The van der Waals surface area contributed by atoms with Crippen LogP contribution < -0.4 is 10.6 Å². The van der Waals surface area contributed by atoms with Crippen molar-refractivity contribution in [2.75, 3.05) is 5.32 Å². The molecule has 43 heavy (non-hydrogen) atoms. The van der Waals surface area contributed by atoms with Gasteiger partial charge in [-0.2, -0.15) is 0 Å². The maximum absolute atomic E-state index is 14.7. The predicted molar refractivity (Wildman–Crippen MR) is 171 cm³/mol. The van der Waals surface area contributed by atoms with E-state index in [1.807, 2.05) is 86.6 Å². The highest BCUT2D eigenvalue weighted by atomic mass is 16.6. The predicted octanol–water partition coefficient (Wildman–Crippen LogP) is 6.92. The largest absolute Gasteiger partial charge is 0.444 e. The maximum Gasteiger partial charge on any atom is 0.408 e. The first-order valence-electron chi connectivity index (χ1n) is 15.2. The first-order chi connectivity index (χ1) is 20.4. The molecule has 1 fully saturated rings. The van der Waals surface area contributed by atoms with Crippen LogP contribution >= 0.6 is 0 Å². The van der Waals surface area contributed by atoms with Gasteiger partial charge in [0.2, 0.25) is 5.91 Å². The Kier molecular flexibility index (Phi) is 9.95. The Morgan fingerprint density at radius 3 is 2.05 bits per heavy atom. The lowest BCUT2D eigenvalue weighted by atomic mass is 9.98. The van der Waals surface area contributed by atoms with E-state index in [4.69, 9.17) is 4.74 Å². The minimum Gasteiger partial charge on any atom is -0.444 e. The summed E-state index contributed by atoms with van der Waals surface area (Å²) >= 11 is 0. The second-order valence-electron chi connectivity index (χ2n) is 12.7. The van der Waals surface area contributed by atoms with E-state index in [0.29, 0.717) is 0 Å². The van der Waals surface area contributed by atoms with Crippen LogP contribution in [0.15, 0.2) is 72.8 Å². The summed E-state index contributed by atoms with van der Waals surface area (Å²) in [6.07, 6.45) is 1.22. The van der Waals surface area contributed by atoms with Gasteiger partial charge >= 0.3 is 6.09 Å². The highest BCUT2D eigenvalue weighted by molar-refractivity contribution is 6.00. The summed E-state index contributed by atoms with van der Waals surface area (Å²) in [5.41, 5.74) is 4.66. The highest BCUT2D eigenvalue weighted by Gasteiger charge is 2.48. The smallest absolute Gasteiger partial charge is 0.408 e. The Balaban J connectivity index is 1.77. The van der Waals surface area contributed by atoms with Crippen LogP contribution in [0, 0.1) is 19.8 Å². The number of nitrogens with one attached hydrogen (secondary N) is 2. The number of carbonyl (C=O) groups is 3. The average Bonchev–Trinajstić information content (AvgIpc) is 3.68. The molecular formula is C36H45N3O4. The molecule has 3 aromatic carbocycles. The molecule has 3 aromatic rings. The monoisotopic (exact) mass is 583 g/mol. The lowest BCUT2D eigenvalue weighted by Crippen LogP contribution is -2.54. The Morgan fingerprint density at radius 2 is 1.51 bits per heavy atom. The van der Waals surface area contributed by atoms with E-state index in [9.17, 15) is 14.4 Å². The van der Waals surface area contributed by atoms with Gasteiger partial charge in [0.05, 0.1) is 0 Å². The molecule has 0 bridgehead atoms. The molecule has 4 unspecified atom stereocenters. The normalized spacial score (nSPS) is 17.4. The van der Waals surface area contributed by atoms with Crippen LogP contribution in [0.4, 0.5) is 10.5 Å². The van der Waals surface area contributed by atoms with Crippen molar-refractivity contribution < 1.29 is 19.1 Å². The van der Waals surface area contributed by atoms with E-state index in [-0.39, 0.29) is 30.2 Å². The third-order valence-electron chi connectivity index (χ3n) is 7.91. The first kappa shape index (κ1) is 31.8. The zero-order valence-corrected chi connectivity index (χ0v) is 26.4. The van der Waals surface area contributed by atoms with E-state index >= 15 is 0 Å². The fourth-order valence-electron chi connectivity index (χ4n) is 5.43. The van der Waals surface area contributed by atoms with Crippen LogP contribution in [0.25, 0.3) is 0 Å². The zero-order chi connectivity index (χ0) is 31.3. The molecule has 0 heterocycles. The van der Waals surface area contributed by atoms with Gasteiger partial charge in [-0.3, -0.25) is 9.59 Å². The van der Waals surface area contributed by atoms with Crippen LogP contribution in [0.1, 0.15) is 74.9 Å². The van der Waals surface area contributed by atoms with E-state index in [2.05, 4.69) is 24.5 Å². The Bertz CT molecular complexity index is 1410. The molecule has 0 saturated heterocycles. The standard InChI is InChI=1S/C36H45N3O4/c1-8-26-17-19-28(20-18-26)32(33(40)38-31-23(2)13-12-14-24(31)3)39(30-21-25(30)4)34(41)29(22-27-15-10-9-11-16-27)37-35(42)43-36(5,6)7/h9-20,25,29-30,32H,8,21-22H2,1-7H3,(H,37,42)(H,38,40). The van der Waals surface area contributed by atoms with Crippen LogP contribution in [0.3, 0.4) is 0 Å². The lowest BCUT2D eigenvalue weighted by molar-refractivity contribution is -0.141. The average molecular weight is 584 g/mol. The summed E-state index contributed by atoms with van der Waals surface area (Å²) in [4.78, 5) is 43.7. The molecule has 228 valence electrons. The quantitative estimate of drug-likeness (QED) is 0.271. The van der Waals surface area contributed by atoms with E-state index < -0.39 is 23.8 Å². The van der Waals surface area contributed by atoms with Crippen molar-refractivity contribution in [3.63, 3.8) is 0 Å². The summed E-state index contributed by atoms with van der Waals surface area (Å²) in [7, 11) is 0. The number of nitrogens with zero attached hydrogens (tertiary/aromatic N) is 1. The van der Waals surface area contributed by atoms with E-state index in [1.165, 1.54) is 0 Å². The zero-order valence-electron chi connectivity index (χ0n) is 26.4. The molecule has 0 aliphatic heterocycles. The lowest BCUT2D eigenvalue weighted by Gasteiger charge is -2.35. The van der Waals surface area contributed by atoms with Gasteiger partial charge in [0.25, 0.3) is 5.91 Å². The number of anilines is 1. The number of para-hydroxylation sites is 1. The van der Waals surface area contributed by atoms with Gasteiger partial charge in [0, 0.05) is 18.2 Å². The van der Waals surface area contributed by atoms with Crippen molar-refractivity contribution in [3.8, 4) is 0 Å². The highest BCUT2D eigenvalue weighted by Crippen LogP contribution is 2.41. The summed E-state index contributed by atoms with van der Waals surface area (Å²) in [6.45, 7) is 13.4. The Hall–Kier alpha value is -4.13. The van der Waals surface area contributed by atoms with Crippen molar-refractivity contribution in [1.29, 1.82) is 0 Å². The second kappa shape index (κ2) is 13.4. The molecule has 1 aliphatic rings.